The molecule has 0 saturated heterocycles. The highest BCUT2D eigenvalue weighted by Crippen LogP contribution is 2.15. The second-order valence-electron chi connectivity index (χ2n) is 5.34. The summed E-state index contributed by atoms with van der Waals surface area (Å²) >= 11 is 0. The fraction of sp³-hybridized carbons (Fsp3) is 0.412. The second-order valence-corrected chi connectivity index (χ2v) is 5.34. The summed E-state index contributed by atoms with van der Waals surface area (Å²) in [7, 11) is 0. The molecule has 1 N–H and O–H groups in total. The van der Waals surface area contributed by atoms with Crippen LogP contribution in [0.5, 0.6) is 0 Å². The number of hydrogen-bond acceptors (Lipinski definition) is 2. The van der Waals surface area contributed by atoms with Gasteiger partial charge in [-0.1, -0.05) is 25.1 Å². The van der Waals surface area contributed by atoms with Crippen LogP contribution in [-0.4, -0.2) is 39.5 Å². The van der Waals surface area contributed by atoms with Crippen LogP contribution in [0.1, 0.15) is 26.2 Å². The molecular formula is C17H22N2O3. The third-order valence-electron chi connectivity index (χ3n) is 3.69. The molecule has 0 spiro atoms. The van der Waals surface area contributed by atoms with Gasteiger partial charge in [0.1, 0.15) is 0 Å². The largest absolute Gasteiger partial charge is 0.481 e. The summed E-state index contributed by atoms with van der Waals surface area (Å²) < 4.78 is 2.06. The lowest BCUT2D eigenvalue weighted by Gasteiger charge is -2.21. The zero-order chi connectivity index (χ0) is 15.9. The summed E-state index contributed by atoms with van der Waals surface area (Å²) in [6, 6.07) is 10.1. The summed E-state index contributed by atoms with van der Waals surface area (Å²) in [5.74, 6) is -0.855. The molecule has 5 heteroatoms. The number of carboxylic acid groups (broad SMARTS) is 1. The van der Waals surface area contributed by atoms with E-state index in [0.29, 0.717) is 19.5 Å². The van der Waals surface area contributed by atoms with Crippen LogP contribution < -0.4 is 0 Å². The zero-order valence-corrected chi connectivity index (χ0v) is 12.9. The van der Waals surface area contributed by atoms with Crippen LogP contribution in [0, 0.1) is 0 Å². The maximum absolute atomic E-state index is 12.3. The Bertz CT molecular complexity index is 648. The number of para-hydroxylation sites is 1. The molecule has 0 bridgehead atoms. The molecule has 1 aromatic carbocycles. The first-order chi connectivity index (χ1) is 10.6. The van der Waals surface area contributed by atoms with Gasteiger partial charge in [-0.3, -0.25) is 9.59 Å². The van der Waals surface area contributed by atoms with Gasteiger partial charge in [0, 0.05) is 37.8 Å². The Labute approximate surface area is 130 Å². The van der Waals surface area contributed by atoms with Crippen molar-refractivity contribution >= 4 is 22.8 Å². The lowest BCUT2D eigenvalue weighted by molar-refractivity contribution is -0.138. The van der Waals surface area contributed by atoms with Crippen LogP contribution in [-0.2, 0) is 16.1 Å². The smallest absolute Gasteiger partial charge is 0.305 e. The van der Waals surface area contributed by atoms with Gasteiger partial charge in [-0.05, 0) is 23.9 Å². The van der Waals surface area contributed by atoms with E-state index in [9.17, 15) is 9.59 Å². The van der Waals surface area contributed by atoms with Crippen LogP contribution in [0.3, 0.4) is 0 Å². The maximum Gasteiger partial charge on any atom is 0.305 e. The molecule has 0 unspecified atom stereocenters. The number of amides is 1. The number of carbonyl (C=O) groups excluding carboxylic acids is 1. The van der Waals surface area contributed by atoms with Crippen molar-refractivity contribution in [2.75, 3.05) is 13.1 Å². The van der Waals surface area contributed by atoms with E-state index < -0.39 is 5.97 Å². The van der Waals surface area contributed by atoms with Crippen molar-refractivity contribution < 1.29 is 14.7 Å². The predicted molar refractivity (Wildman–Crippen MR) is 85.7 cm³/mol. The van der Waals surface area contributed by atoms with Gasteiger partial charge in [0.2, 0.25) is 5.91 Å². The normalized spacial score (nSPS) is 10.8. The van der Waals surface area contributed by atoms with E-state index >= 15 is 0 Å². The Morgan fingerprint density at radius 2 is 1.91 bits per heavy atom. The monoisotopic (exact) mass is 302 g/mol. The van der Waals surface area contributed by atoms with Crippen LogP contribution in [0.2, 0.25) is 0 Å². The SMILES string of the molecule is CCCN(CCC(=O)O)C(=O)CCn1ccc2ccccc21. The summed E-state index contributed by atoms with van der Waals surface area (Å²) in [5, 5.41) is 9.93. The number of nitrogens with zero attached hydrogens (tertiary/aromatic N) is 2. The van der Waals surface area contributed by atoms with E-state index in [1.165, 1.54) is 0 Å². The average molecular weight is 302 g/mol. The molecule has 0 aliphatic heterocycles. The minimum absolute atomic E-state index is 0.00180. The van der Waals surface area contributed by atoms with Crippen LogP contribution >= 0.6 is 0 Å². The molecule has 5 nitrogen and oxygen atoms in total. The van der Waals surface area contributed by atoms with E-state index in [2.05, 4.69) is 4.57 Å². The summed E-state index contributed by atoms with van der Waals surface area (Å²) in [4.78, 5) is 24.6. The first kappa shape index (κ1) is 16.1. The van der Waals surface area contributed by atoms with Crippen LogP contribution in [0.15, 0.2) is 36.5 Å². The highest BCUT2D eigenvalue weighted by molar-refractivity contribution is 5.80. The third-order valence-corrected chi connectivity index (χ3v) is 3.69. The molecule has 0 atom stereocenters. The number of benzene rings is 1. The molecular weight excluding hydrogens is 280 g/mol. The standard InChI is InChI=1S/C17H22N2O3/c1-2-10-19(13-9-17(21)22)16(20)8-12-18-11-7-14-5-3-4-6-15(14)18/h3-7,11H,2,8-10,12-13H2,1H3,(H,21,22). The quantitative estimate of drug-likeness (QED) is 0.815. The van der Waals surface area contributed by atoms with Gasteiger partial charge >= 0.3 is 5.97 Å². The van der Waals surface area contributed by atoms with Crippen molar-refractivity contribution in [3.8, 4) is 0 Å². The van der Waals surface area contributed by atoms with Gasteiger partial charge in [0.15, 0.2) is 0 Å². The van der Waals surface area contributed by atoms with E-state index in [-0.39, 0.29) is 18.9 Å². The number of carboxylic acids is 1. The Hall–Kier alpha value is -2.30. The van der Waals surface area contributed by atoms with Crippen molar-refractivity contribution in [3.05, 3.63) is 36.5 Å². The number of fused-ring (bicyclic) bond motifs is 1. The number of aryl methyl sites for hydroxylation is 1. The van der Waals surface area contributed by atoms with Gasteiger partial charge in [0.05, 0.1) is 6.42 Å². The molecule has 1 aromatic heterocycles. The number of carbonyl (C=O) groups is 2. The van der Waals surface area contributed by atoms with E-state index in [4.69, 9.17) is 5.11 Å². The van der Waals surface area contributed by atoms with Gasteiger partial charge in [-0.2, -0.15) is 0 Å². The Balaban J connectivity index is 1.96. The Morgan fingerprint density at radius 1 is 1.14 bits per heavy atom. The minimum Gasteiger partial charge on any atom is -0.481 e. The fourth-order valence-corrected chi connectivity index (χ4v) is 2.57. The number of hydrogen-bond donors (Lipinski definition) is 1. The summed E-state index contributed by atoms with van der Waals surface area (Å²) in [6.45, 7) is 3.49. The molecule has 0 radical (unpaired) electrons. The first-order valence-electron chi connectivity index (χ1n) is 7.65. The van der Waals surface area contributed by atoms with Crippen molar-refractivity contribution in [1.29, 1.82) is 0 Å². The maximum atomic E-state index is 12.3. The summed E-state index contributed by atoms with van der Waals surface area (Å²) in [5.41, 5.74) is 1.11. The summed E-state index contributed by atoms with van der Waals surface area (Å²) in [6.07, 6.45) is 3.20. The number of aromatic nitrogens is 1. The molecule has 2 aromatic rings. The van der Waals surface area contributed by atoms with E-state index in [0.717, 1.165) is 17.3 Å². The molecule has 0 aliphatic rings. The van der Waals surface area contributed by atoms with Gasteiger partial charge in [0.25, 0.3) is 0 Å². The molecule has 0 aliphatic carbocycles. The van der Waals surface area contributed by atoms with Gasteiger partial charge < -0.3 is 14.6 Å². The van der Waals surface area contributed by atoms with Gasteiger partial charge in [-0.15, -0.1) is 0 Å². The van der Waals surface area contributed by atoms with Crippen molar-refractivity contribution in [3.63, 3.8) is 0 Å². The predicted octanol–water partition coefficient (Wildman–Crippen LogP) is 2.74. The Morgan fingerprint density at radius 3 is 2.64 bits per heavy atom. The second kappa shape index (κ2) is 7.64. The van der Waals surface area contributed by atoms with E-state index in [1.54, 1.807) is 4.90 Å². The van der Waals surface area contributed by atoms with Crippen molar-refractivity contribution in [2.45, 2.75) is 32.7 Å². The lowest BCUT2D eigenvalue weighted by Crippen LogP contribution is -2.34. The molecule has 0 saturated carbocycles. The molecule has 22 heavy (non-hydrogen) atoms. The topological polar surface area (TPSA) is 62.5 Å². The minimum atomic E-state index is -0.870. The van der Waals surface area contributed by atoms with Crippen LogP contribution in [0.25, 0.3) is 10.9 Å². The fourth-order valence-electron chi connectivity index (χ4n) is 2.57. The molecule has 0 fully saturated rings. The molecule has 1 amide bonds. The van der Waals surface area contributed by atoms with Crippen molar-refractivity contribution in [2.24, 2.45) is 0 Å². The van der Waals surface area contributed by atoms with Crippen LogP contribution in [0.4, 0.5) is 0 Å². The van der Waals surface area contributed by atoms with Gasteiger partial charge in [-0.25, -0.2) is 0 Å². The number of aliphatic carboxylic acids is 1. The lowest BCUT2D eigenvalue weighted by atomic mass is 10.2. The number of rotatable bonds is 8. The molecule has 118 valence electrons. The third kappa shape index (κ3) is 4.10. The molecule has 2 rings (SSSR count). The first-order valence-corrected chi connectivity index (χ1v) is 7.65. The zero-order valence-electron chi connectivity index (χ0n) is 12.9. The molecule has 1 heterocycles. The van der Waals surface area contributed by atoms with E-state index in [1.807, 2.05) is 43.5 Å². The Kier molecular flexibility index (Phi) is 5.58. The highest BCUT2D eigenvalue weighted by atomic mass is 16.4. The average Bonchev–Trinajstić information content (AvgIpc) is 2.92. The highest BCUT2D eigenvalue weighted by Gasteiger charge is 2.14. The van der Waals surface area contributed by atoms with Crippen molar-refractivity contribution in [1.82, 2.24) is 9.47 Å².